The molecule has 0 radical (unpaired) electrons. The van der Waals surface area contributed by atoms with E-state index in [0.717, 1.165) is 20.0 Å². The van der Waals surface area contributed by atoms with Crippen LogP contribution in [-0.4, -0.2) is 26.3 Å². The largest absolute Gasteiger partial charge is 0.486 e. The minimum atomic E-state index is 0.0708. The molecule has 0 bridgehead atoms. The molecule has 0 fully saturated rings. The van der Waals surface area contributed by atoms with Crippen LogP contribution in [-0.2, 0) is 13.2 Å². The number of aromatic nitrogens is 3. The van der Waals surface area contributed by atoms with Crippen molar-refractivity contribution in [2.75, 3.05) is 5.75 Å². The fourth-order valence-electron chi connectivity index (χ4n) is 2.36. The van der Waals surface area contributed by atoms with Crippen LogP contribution in [0.1, 0.15) is 21.1 Å². The van der Waals surface area contributed by atoms with Gasteiger partial charge in [-0.25, -0.2) is 0 Å². The normalized spacial score (nSPS) is 10.7. The average Bonchev–Trinajstić information content (AvgIpc) is 3.25. The first kappa shape index (κ1) is 19.9. The standard InChI is InChI=1S/C19H18BrN3O2S2/c1-3-9-23-18(11-25-14-6-4-5-13(2)10-14)21-22-19(23)26-12-15(24)16-7-8-17(20)27-16/h3-8,10H,1,9,11-12H2,2H3. The first-order valence-corrected chi connectivity index (χ1v) is 10.8. The van der Waals surface area contributed by atoms with Crippen molar-refractivity contribution in [2.24, 2.45) is 0 Å². The van der Waals surface area contributed by atoms with Crippen LogP contribution in [0.25, 0.3) is 0 Å². The van der Waals surface area contributed by atoms with Gasteiger partial charge in [0.25, 0.3) is 0 Å². The summed E-state index contributed by atoms with van der Waals surface area (Å²) in [6.07, 6.45) is 1.78. The molecule has 0 saturated carbocycles. The second-order valence-corrected chi connectivity index (χ2v) is 9.12. The van der Waals surface area contributed by atoms with Gasteiger partial charge in [-0.1, -0.05) is 30.0 Å². The summed E-state index contributed by atoms with van der Waals surface area (Å²) < 4.78 is 8.70. The third-order valence-corrected chi connectivity index (χ3v) is 6.27. The average molecular weight is 464 g/mol. The number of rotatable bonds is 9. The molecule has 140 valence electrons. The number of thiophene rings is 1. The number of hydrogen-bond donors (Lipinski definition) is 0. The SMILES string of the molecule is C=CCn1c(COc2cccc(C)c2)nnc1SCC(=O)c1ccc(Br)s1. The lowest BCUT2D eigenvalue weighted by Gasteiger charge is -2.09. The van der Waals surface area contributed by atoms with E-state index in [-0.39, 0.29) is 5.78 Å². The molecule has 0 saturated heterocycles. The summed E-state index contributed by atoms with van der Waals surface area (Å²) in [7, 11) is 0. The Kier molecular flexibility index (Phi) is 6.87. The highest BCUT2D eigenvalue weighted by Crippen LogP contribution is 2.25. The summed E-state index contributed by atoms with van der Waals surface area (Å²) in [5.41, 5.74) is 1.13. The van der Waals surface area contributed by atoms with E-state index in [0.29, 0.717) is 29.9 Å². The van der Waals surface area contributed by atoms with Crippen LogP contribution in [0, 0.1) is 6.92 Å². The highest BCUT2D eigenvalue weighted by molar-refractivity contribution is 9.11. The first-order valence-electron chi connectivity index (χ1n) is 8.20. The van der Waals surface area contributed by atoms with Crippen LogP contribution < -0.4 is 4.74 Å². The number of carbonyl (C=O) groups excluding carboxylic acids is 1. The number of halogens is 1. The molecule has 5 nitrogen and oxygen atoms in total. The molecule has 3 aromatic rings. The summed E-state index contributed by atoms with van der Waals surface area (Å²) in [5, 5.41) is 9.14. The van der Waals surface area contributed by atoms with Gasteiger partial charge >= 0.3 is 0 Å². The molecule has 3 rings (SSSR count). The minimum Gasteiger partial charge on any atom is -0.486 e. The monoisotopic (exact) mass is 463 g/mol. The zero-order valence-corrected chi connectivity index (χ0v) is 17.9. The zero-order chi connectivity index (χ0) is 19.2. The van der Waals surface area contributed by atoms with Gasteiger partial charge in [0.2, 0.25) is 0 Å². The van der Waals surface area contributed by atoms with Crippen molar-refractivity contribution in [1.82, 2.24) is 14.8 Å². The molecule has 0 unspecified atom stereocenters. The van der Waals surface area contributed by atoms with E-state index >= 15 is 0 Å². The smallest absolute Gasteiger partial charge is 0.192 e. The summed E-state index contributed by atoms with van der Waals surface area (Å²) >= 11 is 6.19. The van der Waals surface area contributed by atoms with Gasteiger partial charge in [-0.3, -0.25) is 9.36 Å². The van der Waals surface area contributed by atoms with E-state index in [4.69, 9.17) is 4.74 Å². The predicted octanol–water partition coefficient (Wildman–Crippen LogP) is 5.15. The molecule has 27 heavy (non-hydrogen) atoms. The molecule has 0 aliphatic rings. The lowest BCUT2D eigenvalue weighted by atomic mass is 10.2. The molecule has 0 aliphatic carbocycles. The minimum absolute atomic E-state index is 0.0708. The fraction of sp³-hybridized carbons (Fsp3) is 0.211. The van der Waals surface area contributed by atoms with E-state index in [2.05, 4.69) is 32.7 Å². The van der Waals surface area contributed by atoms with Gasteiger partial charge in [-0.2, -0.15) is 0 Å². The van der Waals surface area contributed by atoms with Gasteiger partial charge in [0.1, 0.15) is 12.4 Å². The lowest BCUT2D eigenvalue weighted by molar-refractivity contribution is 0.102. The van der Waals surface area contributed by atoms with Gasteiger partial charge < -0.3 is 4.74 Å². The van der Waals surface area contributed by atoms with Crippen LogP contribution in [0.4, 0.5) is 0 Å². The number of carbonyl (C=O) groups is 1. The van der Waals surface area contributed by atoms with Crippen molar-refractivity contribution in [2.45, 2.75) is 25.2 Å². The van der Waals surface area contributed by atoms with E-state index in [1.54, 1.807) is 6.08 Å². The molecule has 0 N–H and O–H groups in total. The van der Waals surface area contributed by atoms with E-state index in [1.807, 2.05) is 47.9 Å². The Balaban J connectivity index is 1.67. The number of thioether (sulfide) groups is 1. The summed E-state index contributed by atoms with van der Waals surface area (Å²) in [4.78, 5) is 13.0. The van der Waals surface area contributed by atoms with Crippen molar-refractivity contribution in [3.63, 3.8) is 0 Å². The number of allylic oxidation sites excluding steroid dienone is 1. The molecule has 1 aromatic carbocycles. The predicted molar refractivity (Wildman–Crippen MR) is 113 cm³/mol. The van der Waals surface area contributed by atoms with E-state index < -0.39 is 0 Å². The van der Waals surface area contributed by atoms with Crippen molar-refractivity contribution < 1.29 is 9.53 Å². The van der Waals surface area contributed by atoms with Gasteiger partial charge in [0.15, 0.2) is 16.8 Å². The zero-order valence-electron chi connectivity index (χ0n) is 14.7. The maximum Gasteiger partial charge on any atom is 0.192 e. The Morgan fingerprint density at radius 3 is 2.93 bits per heavy atom. The van der Waals surface area contributed by atoms with Gasteiger partial charge in [-0.15, -0.1) is 28.1 Å². The van der Waals surface area contributed by atoms with Crippen LogP contribution >= 0.6 is 39.0 Å². The topological polar surface area (TPSA) is 57.0 Å². The fourth-order valence-corrected chi connectivity index (χ4v) is 4.63. The van der Waals surface area contributed by atoms with Crippen molar-refractivity contribution in [1.29, 1.82) is 0 Å². The lowest BCUT2D eigenvalue weighted by Crippen LogP contribution is -2.08. The Morgan fingerprint density at radius 1 is 1.37 bits per heavy atom. The van der Waals surface area contributed by atoms with Crippen molar-refractivity contribution in [3.8, 4) is 5.75 Å². The second-order valence-electron chi connectivity index (χ2n) is 5.72. The molecule has 0 spiro atoms. The highest BCUT2D eigenvalue weighted by Gasteiger charge is 2.15. The van der Waals surface area contributed by atoms with E-state index in [1.165, 1.54) is 23.1 Å². The van der Waals surface area contributed by atoms with Crippen molar-refractivity contribution >= 4 is 44.8 Å². The number of benzene rings is 1. The number of Topliss-reactive ketones (excluding diaryl/α,β-unsaturated/α-hetero) is 1. The Labute approximate surface area is 174 Å². The summed E-state index contributed by atoms with van der Waals surface area (Å²) in [5.74, 6) is 1.86. The third kappa shape index (κ3) is 5.31. The highest BCUT2D eigenvalue weighted by atomic mass is 79.9. The molecule has 2 heterocycles. The van der Waals surface area contributed by atoms with Gasteiger partial charge in [-0.05, 0) is 52.7 Å². The molecular weight excluding hydrogens is 446 g/mol. The number of hydrogen-bond acceptors (Lipinski definition) is 6. The number of ketones is 1. The van der Waals surface area contributed by atoms with Gasteiger partial charge in [0, 0.05) is 6.54 Å². The Bertz CT molecular complexity index is 952. The van der Waals surface area contributed by atoms with Crippen molar-refractivity contribution in [3.05, 3.63) is 69.1 Å². The quantitative estimate of drug-likeness (QED) is 0.249. The number of ether oxygens (including phenoxy) is 1. The molecule has 8 heteroatoms. The maximum atomic E-state index is 12.3. The van der Waals surface area contributed by atoms with Crippen LogP contribution in [0.5, 0.6) is 5.75 Å². The van der Waals surface area contributed by atoms with E-state index in [9.17, 15) is 4.79 Å². The molecule has 0 aliphatic heterocycles. The molecular formula is C19H18BrN3O2S2. The number of aryl methyl sites for hydroxylation is 1. The van der Waals surface area contributed by atoms with Crippen LogP contribution in [0.2, 0.25) is 0 Å². The number of nitrogens with zero attached hydrogens (tertiary/aromatic N) is 3. The third-order valence-electron chi connectivity index (χ3n) is 3.64. The molecule has 0 atom stereocenters. The van der Waals surface area contributed by atoms with Crippen LogP contribution in [0.15, 0.2) is 58.0 Å². The Morgan fingerprint density at radius 2 is 2.22 bits per heavy atom. The van der Waals surface area contributed by atoms with Crippen LogP contribution in [0.3, 0.4) is 0 Å². The van der Waals surface area contributed by atoms with Gasteiger partial charge in [0.05, 0.1) is 14.4 Å². The summed E-state index contributed by atoms with van der Waals surface area (Å²) in [6, 6.07) is 11.6. The maximum absolute atomic E-state index is 12.3. The second kappa shape index (κ2) is 9.34. The summed E-state index contributed by atoms with van der Waals surface area (Å²) in [6.45, 7) is 6.67. The Hall–Kier alpha value is -1.90. The molecule has 2 aromatic heterocycles. The first-order chi connectivity index (χ1) is 13.1. The molecule has 0 amide bonds.